The van der Waals surface area contributed by atoms with E-state index in [1.807, 2.05) is 33.3 Å². The molecule has 172 valence electrons. The quantitative estimate of drug-likeness (QED) is 0.521. The van der Waals surface area contributed by atoms with Crippen LogP contribution in [0.2, 0.25) is 0 Å². The number of aromatic nitrogens is 2. The average Bonchev–Trinajstić information content (AvgIpc) is 3.27. The first kappa shape index (κ1) is 25.0. The Morgan fingerprint density at radius 3 is 2.44 bits per heavy atom. The normalized spacial score (nSPS) is 11.1. The second-order valence-electron chi connectivity index (χ2n) is 6.99. The van der Waals surface area contributed by atoms with Gasteiger partial charge >= 0.3 is 12.1 Å². The number of alkyl halides is 3. The summed E-state index contributed by atoms with van der Waals surface area (Å²) >= 11 is 0. The lowest BCUT2D eigenvalue weighted by Gasteiger charge is -2.11. The maximum absolute atomic E-state index is 12.2. The third-order valence-electron chi connectivity index (χ3n) is 4.06. The summed E-state index contributed by atoms with van der Waals surface area (Å²) in [5.41, 5.74) is 1.88. The Morgan fingerprint density at radius 1 is 1.16 bits per heavy atom. The number of likely N-dealkylation sites (N-methyl/N-ethyl adjacent to an activating group) is 1. The Hall–Kier alpha value is -3.24. The second-order valence-corrected chi connectivity index (χ2v) is 6.99. The summed E-state index contributed by atoms with van der Waals surface area (Å²) in [7, 11) is 6.03. The zero-order chi connectivity index (χ0) is 23.6. The minimum absolute atomic E-state index is 0.207. The van der Waals surface area contributed by atoms with Gasteiger partial charge in [0, 0.05) is 24.2 Å². The Bertz CT molecular complexity index is 973. The smallest absolute Gasteiger partial charge is 0.471 e. The minimum atomic E-state index is -4.67. The zero-order valence-corrected chi connectivity index (χ0v) is 18.0. The summed E-state index contributed by atoms with van der Waals surface area (Å²) in [6.45, 7) is 2.58. The number of hydrogen-bond donors (Lipinski definition) is 1. The van der Waals surface area contributed by atoms with Crippen LogP contribution < -0.4 is 10.1 Å². The van der Waals surface area contributed by atoms with Crippen molar-refractivity contribution < 1.29 is 27.2 Å². The van der Waals surface area contributed by atoms with Crippen molar-refractivity contribution in [3.8, 4) is 17.1 Å². The minimum Gasteiger partial charge on any atom is -0.492 e. The molecule has 0 radical (unpaired) electrons. The van der Waals surface area contributed by atoms with E-state index in [1.54, 1.807) is 0 Å². The largest absolute Gasteiger partial charge is 0.492 e. The van der Waals surface area contributed by atoms with Crippen LogP contribution >= 0.6 is 0 Å². The van der Waals surface area contributed by atoms with E-state index in [9.17, 15) is 18.0 Å². The number of hydrogen-bond acceptors (Lipinski definition) is 7. The zero-order valence-electron chi connectivity index (χ0n) is 18.0. The number of benzene rings is 2. The molecule has 0 saturated heterocycles. The van der Waals surface area contributed by atoms with Gasteiger partial charge in [-0.1, -0.05) is 35.5 Å². The number of nitrogens with zero attached hydrogens (tertiary/aromatic N) is 3. The number of halogens is 3. The van der Waals surface area contributed by atoms with Gasteiger partial charge in [-0.3, -0.25) is 4.79 Å². The summed E-state index contributed by atoms with van der Waals surface area (Å²) < 4.78 is 46.3. The van der Waals surface area contributed by atoms with E-state index in [0.29, 0.717) is 11.8 Å². The van der Waals surface area contributed by atoms with Crippen molar-refractivity contribution in [1.29, 1.82) is 0 Å². The van der Waals surface area contributed by atoms with Crippen LogP contribution in [0.1, 0.15) is 21.8 Å². The summed E-state index contributed by atoms with van der Waals surface area (Å²) in [6, 6.07) is 14.1. The van der Waals surface area contributed by atoms with Crippen LogP contribution in [0.25, 0.3) is 11.4 Å². The molecule has 0 aliphatic carbocycles. The molecule has 0 aliphatic rings. The van der Waals surface area contributed by atoms with Gasteiger partial charge in [0.2, 0.25) is 5.82 Å². The molecule has 7 nitrogen and oxygen atoms in total. The molecule has 0 saturated carbocycles. The average molecular weight is 450 g/mol. The molecule has 2 aromatic carbocycles. The highest BCUT2D eigenvalue weighted by Crippen LogP contribution is 2.29. The Morgan fingerprint density at radius 2 is 1.88 bits per heavy atom. The van der Waals surface area contributed by atoms with Gasteiger partial charge in [-0.05, 0) is 44.9 Å². The molecule has 0 bridgehead atoms. The van der Waals surface area contributed by atoms with Gasteiger partial charge < -0.3 is 19.5 Å². The summed E-state index contributed by atoms with van der Waals surface area (Å²) in [6.07, 6.45) is -4.10. The third-order valence-corrected chi connectivity index (χ3v) is 4.06. The maximum Gasteiger partial charge on any atom is 0.471 e. The van der Waals surface area contributed by atoms with Crippen LogP contribution in [0.3, 0.4) is 0 Å². The lowest BCUT2D eigenvalue weighted by atomic mass is 10.1. The maximum atomic E-state index is 12.2. The number of carbonyl (C=O) groups is 1. The topological polar surface area (TPSA) is 80.5 Å². The van der Waals surface area contributed by atoms with Crippen LogP contribution in [0.4, 0.5) is 13.2 Å². The van der Waals surface area contributed by atoms with E-state index in [0.717, 1.165) is 25.4 Å². The summed E-state index contributed by atoms with van der Waals surface area (Å²) in [4.78, 5) is 15.8. The highest BCUT2D eigenvalue weighted by atomic mass is 19.4. The number of carbonyl (C=O) groups excluding carboxylic acids is 1. The summed E-state index contributed by atoms with van der Waals surface area (Å²) in [5.74, 6) is -0.679. The van der Waals surface area contributed by atoms with Crippen molar-refractivity contribution in [2.45, 2.75) is 12.7 Å². The molecule has 0 fully saturated rings. The fourth-order valence-electron chi connectivity index (χ4n) is 2.46. The van der Waals surface area contributed by atoms with Gasteiger partial charge in [0.1, 0.15) is 18.6 Å². The van der Waals surface area contributed by atoms with Crippen LogP contribution in [0, 0.1) is 0 Å². The first-order valence-electron chi connectivity index (χ1n) is 9.70. The van der Waals surface area contributed by atoms with Crippen molar-refractivity contribution in [3.05, 3.63) is 65.5 Å². The van der Waals surface area contributed by atoms with Crippen LogP contribution in [-0.2, 0) is 12.7 Å². The second kappa shape index (κ2) is 12.0. The molecule has 32 heavy (non-hydrogen) atoms. The van der Waals surface area contributed by atoms with Gasteiger partial charge in [-0.25, -0.2) is 0 Å². The molecule has 3 rings (SSSR count). The van der Waals surface area contributed by atoms with Crippen molar-refractivity contribution in [1.82, 2.24) is 20.4 Å². The van der Waals surface area contributed by atoms with Crippen LogP contribution in [-0.4, -0.2) is 55.6 Å². The fraction of sp³-hybridized carbons (Fsp3) is 0.318. The highest BCUT2D eigenvalue weighted by Gasteiger charge is 2.38. The monoisotopic (exact) mass is 450 g/mol. The molecule has 1 aromatic heterocycles. The molecular formula is C22H25F3N4O3. The van der Waals surface area contributed by atoms with Gasteiger partial charge in [0.25, 0.3) is 0 Å². The molecule has 3 aromatic rings. The van der Waals surface area contributed by atoms with E-state index >= 15 is 0 Å². The Balaban J connectivity index is 0.000000229. The molecule has 0 spiro atoms. The first-order chi connectivity index (χ1) is 15.2. The number of ether oxygens (including phenoxy) is 1. The standard InChI is InChI=1S/C12H20N2O.C10H5F3N2O2/c1-13-10-11-4-6-12(7-5-11)15-9-8-14(2)3;11-10(12,13)9-14-8(15-17-9)7-3-1-2-6(4-7)5-16/h4-7,13H,8-10H2,1-3H3;1-5H. The van der Waals surface area contributed by atoms with Crippen molar-refractivity contribution in [2.75, 3.05) is 34.3 Å². The number of nitrogens with one attached hydrogen (secondary N) is 1. The fourth-order valence-corrected chi connectivity index (χ4v) is 2.46. The number of aldehydes is 1. The molecule has 0 aliphatic heterocycles. The van der Waals surface area contributed by atoms with E-state index in [4.69, 9.17) is 4.74 Å². The molecule has 10 heteroatoms. The SMILES string of the molecule is CNCc1ccc(OCCN(C)C)cc1.O=Cc1cccc(-c2noc(C(F)(F)F)n2)c1. The summed E-state index contributed by atoms with van der Waals surface area (Å²) in [5, 5.41) is 6.32. The molecule has 0 amide bonds. The predicted octanol–water partition coefficient (Wildman–Crippen LogP) is 3.91. The highest BCUT2D eigenvalue weighted by molar-refractivity contribution is 5.77. The van der Waals surface area contributed by atoms with Crippen molar-refractivity contribution >= 4 is 6.29 Å². The molecular weight excluding hydrogens is 425 g/mol. The van der Waals surface area contributed by atoms with Crippen molar-refractivity contribution in [3.63, 3.8) is 0 Å². The molecule has 0 unspecified atom stereocenters. The number of rotatable bonds is 8. The van der Waals surface area contributed by atoms with Gasteiger partial charge in [-0.2, -0.15) is 18.2 Å². The Labute approximate surface area is 184 Å². The lowest BCUT2D eigenvalue weighted by molar-refractivity contribution is -0.159. The van der Waals surface area contributed by atoms with Gasteiger partial charge in [-0.15, -0.1) is 0 Å². The first-order valence-corrected chi connectivity index (χ1v) is 9.70. The van der Waals surface area contributed by atoms with E-state index in [1.165, 1.54) is 29.8 Å². The molecule has 0 atom stereocenters. The van der Waals surface area contributed by atoms with Crippen molar-refractivity contribution in [2.24, 2.45) is 0 Å². The molecule has 1 N–H and O–H groups in total. The van der Waals surface area contributed by atoms with E-state index in [-0.39, 0.29) is 11.4 Å². The van der Waals surface area contributed by atoms with Crippen LogP contribution in [0.5, 0.6) is 5.75 Å². The van der Waals surface area contributed by atoms with E-state index in [2.05, 4.69) is 37.0 Å². The van der Waals surface area contributed by atoms with E-state index < -0.39 is 12.1 Å². The Kier molecular flexibility index (Phi) is 9.36. The predicted molar refractivity (Wildman–Crippen MR) is 113 cm³/mol. The third kappa shape index (κ3) is 8.12. The molecule has 1 heterocycles. The van der Waals surface area contributed by atoms with Gasteiger partial charge in [0.15, 0.2) is 0 Å². The lowest BCUT2D eigenvalue weighted by Crippen LogP contribution is -2.19. The van der Waals surface area contributed by atoms with Crippen LogP contribution in [0.15, 0.2) is 53.1 Å². The van der Waals surface area contributed by atoms with Gasteiger partial charge in [0.05, 0.1) is 0 Å².